The molecule has 0 aliphatic heterocycles. The molecule has 0 saturated heterocycles. The predicted molar refractivity (Wildman–Crippen MR) is 75.1 cm³/mol. The van der Waals surface area contributed by atoms with E-state index in [4.69, 9.17) is 16.7 Å². The van der Waals surface area contributed by atoms with Crippen molar-refractivity contribution in [3.63, 3.8) is 0 Å². The van der Waals surface area contributed by atoms with E-state index in [1.165, 1.54) is 12.1 Å². The molecule has 0 unspecified atom stereocenters. The van der Waals surface area contributed by atoms with Gasteiger partial charge in [0.15, 0.2) is 0 Å². The molecule has 1 aromatic carbocycles. The zero-order valence-corrected chi connectivity index (χ0v) is 11.5. The van der Waals surface area contributed by atoms with Crippen LogP contribution in [0.1, 0.15) is 25.7 Å². The molecule has 0 heterocycles. The summed E-state index contributed by atoms with van der Waals surface area (Å²) in [5, 5.41) is 23.1. The Labute approximate surface area is 120 Å². The van der Waals surface area contributed by atoms with Gasteiger partial charge in [0.1, 0.15) is 0 Å². The number of nitrogens with one attached hydrogen (secondary N) is 1. The number of carboxylic acids is 1. The summed E-state index contributed by atoms with van der Waals surface area (Å²) < 4.78 is 0. The molecule has 20 heavy (non-hydrogen) atoms. The van der Waals surface area contributed by atoms with E-state index in [1.54, 1.807) is 6.07 Å². The van der Waals surface area contributed by atoms with E-state index in [0.717, 1.165) is 12.8 Å². The van der Waals surface area contributed by atoms with E-state index in [9.17, 15) is 14.9 Å². The number of nitro groups is 1. The molecule has 0 radical (unpaired) electrons. The molecule has 0 atom stereocenters. The van der Waals surface area contributed by atoms with Gasteiger partial charge in [-0.2, -0.15) is 0 Å². The largest absolute Gasteiger partial charge is 0.481 e. The molecule has 6 nitrogen and oxygen atoms in total. The van der Waals surface area contributed by atoms with Crippen molar-refractivity contribution in [2.45, 2.75) is 31.7 Å². The van der Waals surface area contributed by atoms with Crippen molar-refractivity contribution < 1.29 is 14.8 Å². The molecule has 0 bridgehead atoms. The average molecular weight is 299 g/mol. The van der Waals surface area contributed by atoms with Gasteiger partial charge in [-0.3, -0.25) is 14.9 Å². The van der Waals surface area contributed by atoms with Gasteiger partial charge >= 0.3 is 5.97 Å². The van der Waals surface area contributed by atoms with Crippen LogP contribution in [0.15, 0.2) is 18.2 Å². The maximum Gasteiger partial charge on any atom is 0.306 e. The Hall–Kier alpha value is -1.82. The van der Waals surface area contributed by atoms with E-state index >= 15 is 0 Å². The Morgan fingerprint density at radius 3 is 2.50 bits per heavy atom. The molecule has 108 valence electrons. The third-order valence-electron chi connectivity index (χ3n) is 3.60. The zero-order chi connectivity index (χ0) is 14.7. The monoisotopic (exact) mass is 298 g/mol. The van der Waals surface area contributed by atoms with Crippen LogP contribution in [0.5, 0.6) is 0 Å². The van der Waals surface area contributed by atoms with Crippen LogP contribution >= 0.6 is 11.6 Å². The first-order chi connectivity index (χ1) is 9.47. The van der Waals surface area contributed by atoms with E-state index in [-0.39, 0.29) is 17.6 Å². The quantitative estimate of drug-likeness (QED) is 0.657. The van der Waals surface area contributed by atoms with Crippen molar-refractivity contribution in [2.24, 2.45) is 5.92 Å². The first-order valence-corrected chi connectivity index (χ1v) is 6.78. The summed E-state index contributed by atoms with van der Waals surface area (Å²) in [6, 6.07) is 4.46. The lowest BCUT2D eigenvalue weighted by Crippen LogP contribution is -2.29. The van der Waals surface area contributed by atoms with E-state index in [2.05, 4.69) is 5.32 Å². The SMILES string of the molecule is O=C(O)C1CCC(Nc2ccc([N+](=O)[O-])cc2Cl)CC1. The van der Waals surface area contributed by atoms with Crippen molar-refractivity contribution in [1.82, 2.24) is 0 Å². The van der Waals surface area contributed by atoms with Gasteiger partial charge in [0.2, 0.25) is 0 Å². The van der Waals surface area contributed by atoms with Gasteiger partial charge < -0.3 is 10.4 Å². The lowest BCUT2D eigenvalue weighted by atomic mass is 9.86. The normalized spacial score (nSPS) is 22.2. The Kier molecular flexibility index (Phi) is 4.44. The summed E-state index contributed by atoms with van der Waals surface area (Å²) in [5.74, 6) is -1.00. The number of benzene rings is 1. The third-order valence-corrected chi connectivity index (χ3v) is 3.91. The number of halogens is 1. The number of hydrogen-bond donors (Lipinski definition) is 2. The number of hydrogen-bond acceptors (Lipinski definition) is 4. The molecule has 1 aromatic rings. The van der Waals surface area contributed by atoms with Crippen LogP contribution in [0.4, 0.5) is 11.4 Å². The molecule has 0 aromatic heterocycles. The Morgan fingerprint density at radius 2 is 2.00 bits per heavy atom. The summed E-state index contributed by atoms with van der Waals surface area (Å²) in [5.41, 5.74) is 0.603. The number of anilines is 1. The first-order valence-electron chi connectivity index (χ1n) is 6.40. The molecule has 7 heteroatoms. The number of carboxylic acid groups (broad SMARTS) is 1. The standard InChI is InChI=1S/C13H15ClN2O4/c14-11-7-10(16(19)20)5-6-12(11)15-9-3-1-8(2-4-9)13(17)18/h5-9,15H,1-4H2,(H,17,18). The zero-order valence-electron chi connectivity index (χ0n) is 10.7. The van der Waals surface area contributed by atoms with Gasteiger partial charge in [-0.05, 0) is 31.7 Å². The van der Waals surface area contributed by atoms with Crippen molar-refractivity contribution in [2.75, 3.05) is 5.32 Å². The number of non-ortho nitro benzene ring substituents is 1. The van der Waals surface area contributed by atoms with Gasteiger partial charge in [-0.1, -0.05) is 11.6 Å². The van der Waals surface area contributed by atoms with Crippen LogP contribution in [0.25, 0.3) is 0 Å². The van der Waals surface area contributed by atoms with Crippen LogP contribution in [0.2, 0.25) is 5.02 Å². The number of carbonyl (C=O) groups is 1. The van der Waals surface area contributed by atoms with Crippen LogP contribution in [0, 0.1) is 16.0 Å². The summed E-state index contributed by atoms with van der Waals surface area (Å²) >= 11 is 6.01. The Morgan fingerprint density at radius 1 is 1.35 bits per heavy atom. The maximum atomic E-state index is 10.9. The second-order valence-electron chi connectivity index (χ2n) is 4.95. The van der Waals surface area contributed by atoms with Crippen molar-refractivity contribution in [3.05, 3.63) is 33.3 Å². The summed E-state index contributed by atoms with van der Waals surface area (Å²) in [7, 11) is 0. The fourth-order valence-electron chi connectivity index (χ4n) is 2.44. The van der Waals surface area contributed by atoms with Crippen LogP contribution in [0.3, 0.4) is 0 Å². The minimum absolute atomic E-state index is 0.0462. The fraction of sp³-hybridized carbons (Fsp3) is 0.462. The topological polar surface area (TPSA) is 92.5 Å². The number of aliphatic carboxylic acids is 1. The van der Waals surface area contributed by atoms with Gasteiger partial charge in [0.25, 0.3) is 5.69 Å². The highest BCUT2D eigenvalue weighted by Crippen LogP contribution is 2.31. The van der Waals surface area contributed by atoms with Crippen molar-refractivity contribution >= 4 is 28.9 Å². The second-order valence-corrected chi connectivity index (χ2v) is 5.36. The summed E-state index contributed by atoms with van der Waals surface area (Å²) in [6.07, 6.45) is 2.78. The smallest absolute Gasteiger partial charge is 0.306 e. The van der Waals surface area contributed by atoms with Gasteiger partial charge in [0, 0.05) is 18.2 Å². The molecule has 0 spiro atoms. The lowest BCUT2D eigenvalue weighted by Gasteiger charge is -2.27. The first kappa shape index (κ1) is 14.6. The van der Waals surface area contributed by atoms with Crippen LogP contribution < -0.4 is 5.32 Å². The number of rotatable bonds is 4. The molecule has 1 aliphatic carbocycles. The number of nitro benzene ring substituents is 1. The molecule has 0 amide bonds. The molecule has 2 N–H and O–H groups in total. The minimum Gasteiger partial charge on any atom is -0.481 e. The average Bonchev–Trinajstić information content (AvgIpc) is 2.41. The van der Waals surface area contributed by atoms with Gasteiger partial charge in [-0.15, -0.1) is 0 Å². The van der Waals surface area contributed by atoms with Crippen molar-refractivity contribution in [1.29, 1.82) is 0 Å². The molecule has 1 fully saturated rings. The van der Waals surface area contributed by atoms with Gasteiger partial charge in [0.05, 0.1) is 21.6 Å². The lowest BCUT2D eigenvalue weighted by molar-refractivity contribution is -0.384. The van der Waals surface area contributed by atoms with Crippen LogP contribution in [-0.4, -0.2) is 22.0 Å². The summed E-state index contributed by atoms with van der Waals surface area (Å²) in [6.45, 7) is 0. The molecule has 2 rings (SSSR count). The Bertz CT molecular complexity index is 527. The van der Waals surface area contributed by atoms with Crippen molar-refractivity contribution in [3.8, 4) is 0 Å². The minimum atomic E-state index is -0.739. The van der Waals surface area contributed by atoms with Gasteiger partial charge in [-0.25, -0.2) is 0 Å². The highest BCUT2D eigenvalue weighted by atomic mass is 35.5. The van der Waals surface area contributed by atoms with Crippen LogP contribution in [-0.2, 0) is 4.79 Å². The Balaban J connectivity index is 1.98. The third kappa shape index (κ3) is 3.39. The predicted octanol–water partition coefficient (Wildman–Crippen LogP) is 3.30. The highest BCUT2D eigenvalue weighted by molar-refractivity contribution is 6.33. The van der Waals surface area contributed by atoms with E-state index in [0.29, 0.717) is 23.6 Å². The second kappa shape index (κ2) is 6.09. The maximum absolute atomic E-state index is 10.9. The summed E-state index contributed by atoms with van der Waals surface area (Å²) in [4.78, 5) is 21.0. The highest BCUT2D eigenvalue weighted by Gasteiger charge is 2.26. The van der Waals surface area contributed by atoms with E-state index < -0.39 is 10.9 Å². The number of nitrogens with zero attached hydrogens (tertiary/aromatic N) is 1. The molecular weight excluding hydrogens is 284 g/mol. The van der Waals surface area contributed by atoms with E-state index in [1.807, 2.05) is 0 Å². The molecule has 1 saturated carbocycles. The molecule has 1 aliphatic rings. The fourth-order valence-corrected chi connectivity index (χ4v) is 2.67. The molecular formula is C13H15ClN2O4.